The molecule has 1 fully saturated rings. The number of nitrogens with zero attached hydrogens (tertiary/aromatic N) is 3. The van der Waals surface area contributed by atoms with Crippen molar-refractivity contribution < 1.29 is 4.79 Å². The second kappa shape index (κ2) is 6.77. The lowest BCUT2D eigenvalue weighted by atomic mass is 10.0. The predicted molar refractivity (Wildman–Crippen MR) is 90.3 cm³/mol. The van der Waals surface area contributed by atoms with E-state index in [1.807, 2.05) is 11.8 Å². The summed E-state index contributed by atoms with van der Waals surface area (Å²) in [6, 6.07) is 8.46. The molecule has 2 heterocycles. The van der Waals surface area contributed by atoms with E-state index in [-0.39, 0.29) is 12.1 Å². The Morgan fingerprint density at radius 2 is 2.13 bits per heavy atom. The first-order valence-electron chi connectivity index (χ1n) is 8.12. The van der Waals surface area contributed by atoms with Crippen molar-refractivity contribution in [1.29, 1.82) is 0 Å². The molecular formula is C18H22N4O. The Hall–Kier alpha value is -2.43. The number of carbonyl (C=O) groups excluding carboxylic acids is 1. The lowest BCUT2D eigenvalue weighted by Crippen LogP contribution is -2.34. The van der Waals surface area contributed by atoms with E-state index in [4.69, 9.17) is 0 Å². The summed E-state index contributed by atoms with van der Waals surface area (Å²) in [5.41, 5.74) is 3.07. The Morgan fingerprint density at radius 1 is 1.35 bits per heavy atom. The molecule has 0 aliphatic carbocycles. The summed E-state index contributed by atoms with van der Waals surface area (Å²) in [7, 11) is 0. The van der Waals surface area contributed by atoms with Crippen LogP contribution in [0.1, 0.15) is 42.8 Å². The topological polar surface area (TPSA) is 58.1 Å². The molecule has 23 heavy (non-hydrogen) atoms. The second-order valence-corrected chi connectivity index (χ2v) is 5.94. The summed E-state index contributed by atoms with van der Waals surface area (Å²) >= 11 is 0. The number of aryl methyl sites for hydroxylation is 2. The average Bonchev–Trinajstić information content (AvgIpc) is 3.05. The summed E-state index contributed by atoms with van der Waals surface area (Å²) in [4.78, 5) is 22.9. The lowest BCUT2D eigenvalue weighted by Gasteiger charge is -2.25. The molecule has 1 aromatic carbocycles. The summed E-state index contributed by atoms with van der Waals surface area (Å²) < 4.78 is 0. The Kier molecular flexibility index (Phi) is 4.55. The van der Waals surface area contributed by atoms with Crippen LogP contribution in [-0.4, -0.2) is 27.4 Å². The largest absolute Gasteiger partial charge is 0.322 e. The molecule has 1 aliphatic heterocycles. The van der Waals surface area contributed by atoms with Crippen LogP contribution in [0, 0.1) is 6.92 Å². The molecule has 1 aliphatic rings. The van der Waals surface area contributed by atoms with Gasteiger partial charge in [0.1, 0.15) is 5.82 Å². The highest BCUT2D eigenvalue weighted by molar-refractivity contribution is 5.89. The van der Waals surface area contributed by atoms with E-state index < -0.39 is 0 Å². The van der Waals surface area contributed by atoms with Crippen LogP contribution >= 0.6 is 0 Å². The number of hydrogen-bond acceptors (Lipinski definition) is 3. The van der Waals surface area contributed by atoms with Gasteiger partial charge < -0.3 is 10.2 Å². The highest BCUT2D eigenvalue weighted by Gasteiger charge is 2.30. The third-order valence-corrected chi connectivity index (χ3v) is 4.21. The van der Waals surface area contributed by atoms with Crippen molar-refractivity contribution in [2.75, 3.05) is 11.9 Å². The van der Waals surface area contributed by atoms with Gasteiger partial charge in [-0.25, -0.2) is 14.8 Å². The van der Waals surface area contributed by atoms with Crippen LogP contribution in [0.15, 0.2) is 36.7 Å². The van der Waals surface area contributed by atoms with Crippen LogP contribution in [-0.2, 0) is 6.42 Å². The SMILES string of the molecule is CCc1ncc(NC(=O)N2CCCC2c2cccc(C)c2)cn1. The van der Waals surface area contributed by atoms with E-state index in [1.165, 1.54) is 11.1 Å². The van der Waals surface area contributed by atoms with Gasteiger partial charge in [-0.1, -0.05) is 36.8 Å². The van der Waals surface area contributed by atoms with E-state index in [9.17, 15) is 4.79 Å². The zero-order valence-corrected chi connectivity index (χ0v) is 13.6. The Bertz CT molecular complexity index is 684. The zero-order valence-electron chi connectivity index (χ0n) is 13.6. The van der Waals surface area contributed by atoms with Gasteiger partial charge in [0, 0.05) is 13.0 Å². The van der Waals surface area contributed by atoms with Crippen LogP contribution in [0.3, 0.4) is 0 Å². The Morgan fingerprint density at radius 3 is 2.83 bits per heavy atom. The van der Waals surface area contributed by atoms with Crippen molar-refractivity contribution in [1.82, 2.24) is 14.9 Å². The van der Waals surface area contributed by atoms with E-state index in [2.05, 4.69) is 46.5 Å². The minimum Gasteiger partial charge on any atom is -0.317 e. The average molecular weight is 310 g/mol. The summed E-state index contributed by atoms with van der Waals surface area (Å²) in [5.74, 6) is 0.779. The molecule has 0 spiro atoms. The number of hydrogen-bond donors (Lipinski definition) is 1. The highest BCUT2D eigenvalue weighted by atomic mass is 16.2. The predicted octanol–water partition coefficient (Wildman–Crippen LogP) is 3.72. The van der Waals surface area contributed by atoms with Crippen molar-refractivity contribution in [3.63, 3.8) is 0 Å². The van der Waals surface area contributed by atoms with Crippen molar-refractivity contribution in [3.05, 3.63) is 53.6 Å². The van der Waals surface area contributed by atoms with Crippen molar-refractivity contribution in [3.8, 4) is 0 Å². The van der Waals surface area contributed by atoms with Crippen molar-refractivity contribution in [2.45, 2.75) is 39.2 Å². The molecule has 5 heteroatoms. The molecule has 5 nitrogen and oxygen atoms in total. The minimum atomic E-state index is -0.0816. The van der Waals surface area contributed by atoms with E-state index in [0.717, 1.165) is 31.6 Å². The molecule has 1 saturated heterocycles. The number of anilines is 1. The summed E-state index contributed by atoms with van der Waals surface area (Å²) in [6.45, 7) is 4.86. The van der Waals surface area contributed by atoms with Gasteiger partial charge in [0.05, 0.1) is 24.1 Å². The standard InChI is InChI=1S/C18H22N4O/c1-3-17-19-11-15(12-20-17)21-18(23)22-9-5-8-16(22)14-7-4-6-13(2)10-14/h4,6-7,10-12,16H,3,5,8-9H2,1-2H3,(H,21,23). The van der Waals surface area contributed by atoms with Gasteiger partial charge in [-0.15, -0.1) is 0 Å². The van der Waals surface area contributed by atoms with Gasteiger partial charge in [-0.05, 0) is 25.3 Å². The number of carbonyl (C=O) groups is 1. The van der Waals surface area contributed by atoms with Gasteiger partial charge >= 0.3 is 6.03 Å². The van der Waals surface area contributed by atoms with Gasteiger partial charge in [-0.3, -0.25) is 0 Å². The summed E-state index contributed by atoms with van der Waals surface area (Å²) in [6.07, 6.45) is 6.15. The number of aromatic nitrogens is 2. The van der Waals surface area contributed by atoms with Crippen molar-refractivity contribution >= 4 is 11.7 Å². The van der Waals surface area contributed by atoms with Gasteiger partial charge in [0.2, 0.25) is 0 Å². The molecule has 2 amide bonds. The van der Waals surface area contributed by atoms with Crippen LogP contribution in [0.25, 0.3) is 0 Å². The van der Waals surface area contributed by atoms with Crippen LogP contribution in [0.2, 0.25) is 0 Å². The first kappa shape index (κ1) is 15.5. The molecule has 1 atom stereocenters. The molecule has 0 radical (unpaired) electrons. The lowest BCUT2D eigenvalue weighted by molar-refractivity contribution is 0.207. The van der Waals surface area contributed by atoms with Crippen LogP contribution in [0.5, 0.6) is 0 Å². The van der Waals surface area contributed by atoms with E-state index in [0.29, 0.717) is 5.69 Å². The second-order valence-electron chi connectivity index (χ2n) is 5.94. The number of nitrogens with one attached hydrogen (secondary N) is 1. The van der Waals surface area contributed by atoms with Gasteiger partial charge in [-0.2, -0.15) is 0 Å². The van der Waals surface area contributed by atoms with Gasteiger partial charge in [0.15, 0.2) is 0 Å². The number of urea groups is 1. The third kappa shape index (κ3) is 3.50. The maximum absolute atomic E-state index is 12.6. The fourth-order valence-corrected chi connectivity index (χ4v) is 3.03. The Balaban J connectivity index is 1.72. The number of benzene rings is 1. The molecule has 1 unspecified atom stereocenters. The fraction of sp³-hybridized carbons (Fsp3) is 0.389. The zero-order chi connectivity index (χ0) is 16.2. The number of amides is 2. The molecule has 120 valence electrons. The maximum atomic E-state index is 12.6. The van der Waals surface area contributed by atoms with Gasteiger partial charge in [0.25, 0.3) is 0 Å². The maximum Gasteiger partial charge on any atom is 0.322 e. The first-order valence-corrected chi connectivity index (χ1v) is 8.12. The van der Waals surface area contributed by atoms with Crippen molar-refractivity contribution in [2.24, 2.45) is 0 Å². The fourth-order valence-electron chi connectivity index (χ4n) is 3.03. The molecule has 2 aromatic rings. The number of likely N-dealkylation sites (tertiary alicyclic amines) is 1. The molecular weight excluding hydrogens is 288 g/mol. The van der Waals surface area contributed by atoms with Crippen LogP contribution < -0.4 is 5.32 Å². The third-order valence-electron chi connectivity index (χ3n) is 4.21. The van der Waals surface area contributed by atoms with E-state index >= 15 is 0 Å². The number of rotatable bonds is 3. The molecule has 0 saturated carbocycles. The monoisotopic (exact) mass is 310 g/mol. The molecule has 1 aromatic heterocycles. The van der Waals surface area contributed by atoms with E-state index in [1.54, 1.807) is 12.4 Å². The first-order chi connectivity index (χ1) is 11.2. The normalized spacial score (nSPS) is 17.3. The van der Waals surface area contributed by atoms with Crippen LogP contribution in [0.4, 0.5) is 10.5 Å². The Labute approximate surface area is 136 Å². The molecule has 1 N–H and O–H groups in total. The quantitative estimate of drug-likeness (QED) is 0.940. The minimum absolute atomic E-state index is 0.0816. The smallest absolute Gasteiger partial charge is 0.317 e. The highest BCUT2D eigenvalue weighted by Crippen LogP contribution is 2.32. The summed E-state index contributed by atoms with van der Waals surface area (Å²) in [5, 5.41) is 2.91. The molecule has 0 bridgehead atoms. The molecule has 3 rings (SSSR count).